The zero-order valence-corrected chi connectivity index (χ0v) is 10.6. The number of ether oxygens (including phenoxy) is 1. The van der Waals surface area contributed by atoms with Gasteiger partial charge < -0.3 is 10.1 Å². The van der Waals surface area contributed by atoms with E-state index in [4.69, 9.17) is 4.74 Å². The third-order valence-corrected chi connectivity index (χ3v) is 2.55. The van der Waals surface area contributed by atoms with E-state index < -0.39 is 0 Å². The Morgan fingerprint density at radius 1 is 1.22 bits per heavy atom. The van der Waals surface area contributed by atoms with Crippen LogP contribution in [-0.2, 0) is 6.42 Å². The summed E-state index contributed by atoms with van der Waals surface area (Å²) >= 11 is 0. The minimum atomic E-state index is 0.701. The first kappa shape index (κ1) is 12.3. The third kappa shape index (κ3) is 2.74. The summed E-state index contributed by atoms with van der Waals surface area (Å²) in [6.45, 7) is 2.81. The van der Waals surface area contributed by atoms with Crippen LogP contribution in [0.2, 0.25) is 0 Å². The predicted octanol–water partition coefficient (Wildman–Crippen LogP) is 1.90. The molecule has 0 aliphatic rings. The zero-order valence-electron chi connectivity index (χ0n) is 10.6. The topological polar surface area (TPSA) is 59.9 Å². The van der Waals surface area contributed by atoms with Gasteiger partial charge in [-0.25, -0.2) is 9.97 Å². The summed E-state index contributed by atoms with van der Waals surface area (Å²) in [5.41, 5.74) is 2.01. The van der Waals surface area contributed by atoms with Crippen LogP contribution in [0.1, 0.15) is 18.2 Å². The highest BCUT2D eigenvalue weighted by molar-refractivity contribution is 5.52. The Morgan fingerprint density at radius 3 is 2.67 bits per heavy atom. The van der Waals surface area contributed by atoms with Crippen molar-refractivity contribution in [2.24, 2.45) is 0 Å². The van der Waals surface area contributed by atoms with Gasteiger partial charge in [-0.3, -0.25) is 4.98 Å². The second-order valence-electron chi connectivity index (χ2n) is 3.76. The number of rotatable bonds is 5. The molecule has 0 aliphatic carbocycles. The number of aromatic nitrogens is 3. The van der Waals surface area contributed by atoms with E-state index in [0.29, 0.717) is 12.2 Å². The lowest BCUT2D eigenvalue weighted by Gasteiger charge is -2.12. The number of nitrogens with zero attached hydrogens (tertiary/aromatic N) is 3. The van der Waals surface area contributed by atoms with Gasteiger partial charge in [0.25, 0.3) is 0 Å². The Kier molecular flexibility index (Phi) is 4.06. The number of hydrogen-bond donors (Lipinski definition) is 1. The fourth-order valence-electron chi connectivity index (χ4n) is 1.74. The smallest absolute Gasteiger partial charge is 0.183 e. The van der Waals surface area contributed by atoms with Crippen molar-refractivity contribution in [1.82, 2.24) is 15.0 Å². The van der Waals surface area contributed by atoms with E-state index in [9.17, 15) is 0 Å². The summed E-state index contributed by atoms with van der Waals surface area (Å²) in [6, 6.07) is 3.93. The fourth-order valence-corrected chi connectivity index (χ4v) is 1.74. The van der Waals surface area contributed by atoms with Gasteiger partial charge >= 0.3 is 0 Å². The highest BCUT2D eigenvalue weighted by Crippen LogP contribution is 2.26. The molecule has 0 unspecified atom stereocenters. The lowest BCUT2D eigenvalue weighted by Crippen LogP contribution is -2.06. The van der Waals surface area contributed by atoms with E-state index in [2.05, 4.69) is 20.3 Å². The SMILES string of the molecule is CCNc1ncnc(Cc2ccncc2)c1OC. The molecule has 0 radical (unpaired) electrons. The summed E-state index contributed by atoms with van der Waals surface area (Å²) in [6.07, 6.45) is 5.80. The molecule has 2 rings (SSSR count). The zero-order chi connectivity index (χ0) is 12.8. The Morgan fingerprint density at radius 2 is 2.00 bits per heavy atom. The lowest BCUT2D eigenvalue weighted by molar-refractivity contribution is 0.407. The van der Waals surface area contributed by atoms with Crippen molar-refractivity contribution in [3.63, 3.8) is 0 Å². The van der Waals surface area contributed by atoms with E-state index in [1.54, 1.807) is 25.8 Å². The Labute approximate surface area is 106 Å². The maximum Gasteiger partial charge on any atom is 0.183 e. The van der Waals surface area contributed by atoms with E-state index in [1.807, 2.05) is 19.1 Å². The lowest BCUT2D eigenvalue weighted by atomic mass is 10.1. The Balaban J connectivity index is 2.30. The van der Waals surface area contributed by atoms with E-state index in [0.717, 1.165) is 23.6 Å². The predicted molar refractivity (Wildman–Crippen MR) is 69.8 cm³/mol. The van der Waals surface area contributed by atoms with Crippen molar-refractivity contribution in [1.29, 1.82) is 0 Å². The molecule has 0 aliphatic heterocycles. The molecule has 0 saturated heterocycles. The van der Waals surface area contributed by atoms with Gasteiger partial charge in [0.2, 0.25) is 0 Å². The quantitative estimate of drug-likeness (QED) is 0.870. The molecule has 5 nitrogen and oxygen atoms in total. The number of anilines is 1. The van der Waals surface area contributed by atoms with Crippen LogP contribution in [0.25, 0.3) is 0 Å². The van der Waals surface area contributed by atoms with Crippen LogP contribution in [0.5, 0.6) is 5.75 Å². The van der Waals surface area contributed by atoms with Crippen molar-refractivity contribution >= 4 is 5.82 Å². The first-order chi connectivity index (χ1) is 8.85. The van der Waals surface area contributed by atoms with Gasteiger partial charge in [-0.2, -0.15) is 0 Å². The molecule has 0 spiro atoms. The highest BCUT2D eigenvalue weighted by Gasteiger charge is 2.11. The average Bonchev–Trinajstić information content (AvgIpc) is 2.41. The molecule has 2 heterocycles. The van der Waals surface area contributed by atoms with Gasteiger partial charge in [0.05, 0.1) is 12.8 Å². The van der Waals surface area contributed by atoms with Crippen molar-refractivity contribution in [2.75, 3.05) is 19.0 Å². The first-order valence-electron chi connectivity index (χ1n) is 5.85. The van der Waals surface area contributed by atoms with Crippen LogP contribution in [-0.4, -0.2) is 28.6 Å². The summed E-state index contributed by atoms with van der Waals surface area (Å²) < 4.78 is 5.40. The molecule has 0 fully saturated rings. The molecule has 0 aromatic carbocycles. The van der Waals surface area contributed by atoms with Crippen LogP contribution in [0.3, 0.4) is 0 Å². The van der Waals surface area contributed by atoms with Crippen molar-refractivity contribution in [3.8, 4) is 5.75 Å². The molecule has 2 aromatic rings. The molecule has 0 atom stereocenters. The van der Waals surface area contributed by atoms with Crippen LogP contribution in [0.4, 0.5) is 5.82 Å². The third-order valence-electron chi connectivity index (χ3n) is 2.55. The molecule has 0 amide bonds. The second-order valence-corrected chi connectivity index (χ2v) is 3.76. The normalized spacial score (nSPS) is 10.1. The molecule has 5 heteroatoms. The van der Waals surface area contributed by atoms with Gasteiger partial charge in [-0.15, -0.1) is 0 Å². The minimum absolute atomic E-state index is 0.701. The monoisotopic (exact) mass is 244 g/mol. The molecular formula is C13H16N4O. The van der Waals surface area contributed by atoms with Crippen LogP contribution >= 0.6 is 0 Å². The van der Waals surface area contributed by atoms with Crippen molar-refractivity contribution < 1.29 is 4.74 Å². The number of hydrogen-bond acceptors (Lipinski definition) is 5. The molecule has 94 valence electrons. The van der Waals surface area contributed by atoms with Crippen LogP contribution in [0.15, 0.2) is 30.9 Å². The number of nitrogens with one attached hydrogen (secondary N) is 1. The maximum absolute atomic E-state index is 5.40. The van der Waals surface area contributed by atoms with E-state index in [-0.39, 0.29) is 0 Å². The summed E-state index contributed by atoms with van der Waals surface area (Å²) in [7, 11) is 1.63. The van der Waals surface area contributed by atoms with Gasteiger partial charge in [-0.1, -0.05) is 0 Å². The summed E-state index contributed by atoms with van der Waals surface area (Å²) in [5, 5.41) is 3.16. The van der Waals surface area contributed by atoms with Gasteiger partial charge in [-0.05, 0) is 24.6 Å². The van der Waals surface area contributed by atoms with Gasteiger partial charge in [0.15, 0.2) is 11.6 Å². The van der Waals surface area contributed by atoms with E-state index >= 15 is 0 Å². The fraction of sp³-hybridized carbons (Fsp3) is 0.308. The molecule has 1 N–H and O–H groups in total. The average molecular weight is 244 g/mol. The van der Waals surface area contributed by atoms with Crippen molar-refractivity contribution in [2.45, 2.75) is 13.3 Å². The molecule has 18 heavy (non-hydrogen) atoms. The highest BCUT2D eigenvalue weighted by atomic mass is 16.5. The minimum Gasteiger partial charge on any atom is -0.491 e. The van der Waals surface area contributed by atoms with Crippen molar-refractivity contribution in [3.05, 3.63) is 42.1 Å². The summed E-state index contributed by atoms with van der Waals surface area (Å²) in [5.74, 6) is 1.44. The molecule has 0 saturated carbocycles. The Bertz CT molecular complexity index is 502. The second kappa shape index (κ2) is 5.95. The number of methoxy groups -OCH3 is 1. The molecule has 0 bridgehead atoms. The van der Waals surface area contributed by atoms with Crippen LogP contribution in [0, 0.1) is 0 Å². The first-order valence-corrected chi connectivity index (χ1v) is 5.85. The van der Waals surface area contributed by atoms with E-state index in [1.165, 1.54) is 0 Å². The summed E-state index contributed by atoms with van der Waals surface area (Å²) in [4.78, 5) is 12.5. The van der Waals surface area contributed by atoms with Gasteiger partial charge in [0.1, 0.15) is 6.33 Å². The molecule has 2 aromatic heterocycles. The number of pyridine rings is 1. The Hall–Kier alpha value is -2.17. The largest absolute Gasteiger partial charge is 0.491 e. The van der Waals surface area contributed by atoms with Crippen LogP contribution < -0.4 is 10.1 Å². The standard InChI is InChI=1S/C13H16N4O/c1-3-15-13-12(18-2)11(16-9-17-13)8-10-4-6-14-7-5-10/h4-7,9H,3,8H2,1-2H3,(H,15,16,17). The maximum atomic E-state index is 5.40. The molecular weight excluding hydrogens is 228 g/mol. The van der Waals surface area contributed by atoms with Gasteiger partial charge in [0, 0.05) is 25.4 Å².